The van der Waals surface area contributed by atoms with Crippen molar-refractivity contribution >= 4 is 65.3 Å². The molecule has 0 aliphatic rings. The van der Waals surface area contributed by atoms with Gasteiger partial charge in [0.05, 0.1) is 26.0 Å². The fourth-order valence-corrected chi connectivity index (χ4v) is 7.37. The maximum absolute atomic E-state index is 13.6. The zero-order valence-corrected chi connectivity index (χ0v) is 37.7. The van der Waals surface area contributed by atoms with Crippen molar-refractivity contribution in [3.05, 3.63) is 71.0 Å². The molecule has 9 nitrogen and oxygen atoms in total. The van der Waals surface area contributed by atoms with Gasteiger partial charge in [0, 0.05) is 54.7 Å². The van der Waals surface area contributed by atoms with E-state index in [9.17, 15) is 19.2 Å². The number of carbonyl (C=O) groups is 4. The Hall–Kier alpha value is -2.69. The molecule has 0 radical (unpaired) electrons. The molecule has 12 heteroatoms. The van der Waals surface area contributed by atoms with Crippen LogP contribution in [0.25, 0.3) is 10.9 Å². The van der Waals surface area contributed by atoms with Gasteiger partial charge in [-0.1, -0.05) is 118 Å². The molecule has 2 aromatic rings. The summed E-state index contributed by atoms with van der Waals surface area (Å²) in [6.45, 7) is 20.3. The van der Waals surface area contributed by atoms with E-state index < -0.39 is 23.1 Å². The highest BCUT2D eigenvalue weighted by Crippen LogP contribution is 2.28. The first-order valence-corrected chi connectivity index (χ1v) is 22.0. The van der Waals surface area contributed by atoms with Crippen LogP contribution < -0.4 is 5.32 Å². The van der Waals surface area contributed by atoms with Crippen LogP contribution in [0.2, 0.25) is 0 Å². The number of para-hydroxylation sites is 1. The van der Waals surface area contributed by atoms with Crippen LogP contribution in [0.5, 0.6) is 0 Å². The van der Waals surface area contributed by atoms with Gasteiger partial charge in [-0.2, -0.15) is 0 Å². The van der Waals surface area contributed by atoms with E-state index in [0.717, 1.165) is 42.1 Å². The Morgan fingerprint density at radius 3 is 2.04 bits per heavy atom. The van der Waals surface area contributed by atoms with Crippen LogP contribution in [0.3, 0.4) is 0 Å². The highest BCUT2D eigenvalue weighted by molar-refractivity contribution is 8.14. The lowest BCUT2D eigenvalue weighted by Crippen LogP contribution is -2.46. The molecule has 1 heterocycles. The molecule has 2 unspecified atom stereocenters. The maximum atomic E-state index is 13.6. The van der Waals surface area contributed by atoms with Gasteiger partial charge in [-0.25, -0.2) is 4.79 Å². The Bertz CT molecular complexity index is 1600. The van der Waals surface area contributed by atoms with Crippen LogP contribution >= 0.6 is 32.3 Å². The van der Waals surface area contributed by atoms with Crippen molar-refractivity contribution in [2.45, 2.75) is 119 Å². The van der Waals surface area contributed by atoms with Gasteiger partial charge in [0.1, 0.15) is 6.04 Å². The fraction of sp³-hybridized carbons (Fsp3) is 0.581. The first kappa shape index (κ1) is 50.3. The molecule has 0 saturated heterocycles. The number of amides is 1. The molecule has 0 aliphatic heterocycles. The summed E-state index contributed by atoms with van der Waals surface area (Å²) in [5, 5.41) is 12.6. The van der Waals surface area contributed by atoms with Crippen LogP contribution in [0.15, 0.2) is 65.4 Å². The molecule has 0 fully saturated rings. The molecule has 3 atom stereocenters. The number of esters is 1. The van der Waals surface area contributed by atoms with E-state index in [1.165, 1.54) is 47.4 Å². The molecule has 2 rings (SSSR count). The van der Waals surface area contributed by atoms with E-state index in [-0.39, 0.29) is 37.0 Å². The molecule has 1 amide bonds. The van der Waals surface area contributed by atoms with Gasteiger partial charge >= 0.3 is 5.97 Å². The highest BCUT2D eigenvalue weighted by Gasteiger charge is 2.28. The van der Waals surface area contributed by atoms with Crippen molar-refractivity contribution in [1.82, 2.24) is 10.3 Å². The molecule has 0 spiro atoms. The number of aliphatic hydroxyl groups excluding tert-OH is 1. The first-order valence-electron chi connectivity index (χ1n) is 19.0. The molecule has 0 saturated carbocycles. The van der Waals surface area contributed by atoms with Crippen LogP contribution in [0.4, 0.5) is 0 Å². The summed E-state index contributed by atoms with van der Waals surface area (Å²) < 4.78 is 11.0. The summed E-state index contributed by atoms with van der Waals surface area (Å²) in [6.07, 6.45) is 13.3. The fourth-order valence-electron chi connectivity index (χ4n) is 4.90. The summed E-state index contributed by atoms with van der Waals surface area (Å²) in [4.78, 5) is 53.0. The molecular weight excluding hydrogens is 752 g/mol. The number of nitrogens with one attached hydrogen (secondary N) is 2. The van der Waals surface area contributed by atoms with Crippen molar-refractivity contribution in [2.75, 3.05) is 31.8 Å². The summed E-state index contributed by atoms with van der Waals surface area (Å²) in [7, 11) is 1.22. The van der Waals surface area contributed by atoms with Crippen molar-refractivity contribution < 1.29 is 33.5 Å². The van der Waals surface area contributed by atoms with E-state index in [1.807, 2.05) is 72.0 Å². The molecular formula is C43H67N2O7PS2. The predicted molar refractivity (Wildman–Crippen MR) is 235 cm³/mol. The van der Waals surface area contributed by atoms with Gasteiger partial charge in [0.25, 0.3) is 0 Å². The maximum Gasteiger partial charge on any atom is 0.328 e. The van der Waals surface area contributed by atoms with Crippen molar-refractivity contribution in [3.8, 4) is 0 Å². The van der Waals surface area contributed by atoms with E-state index >= 15 is 0 Å². The third-order valence-corrected chi connectivity index (χ3v) is 11.9. The number of thioether (sulfide) groups is 2. The normalized spacial score (nSPS) is 13.6. The average Bonchev–Trinajstić information content (AvgIpc) is 3.52. The predicted octanol–water partition coefficient (Wildman–Crippen LogP) is 9.75. The largest absolute Gasteiger partial charge is 0.467 e. The number of methoxy groups -OCH3 is 1. The molecule has 1 aromatic heterocycles. The SMILES string of the molecule is CC(C)(C)C(=O)SCCO.COC(=O)[C@H](Cc1c[nH]c2ccccc12)NC(=O)C(C/C=C(\C)CC/C=C(\C)CCC=C(C)C)POCCSC(=O)C(C)(C)C. The number of fused-ring (bicyclic) bond motifs is 1. The second-order valence-electron chi connectivity index (χ2n) is 15.9. The Labute approximate surface area is 340 Å². The number of hydrogen-bond donors (Lipinski definition) is 3. The van der Waals surface area contributed by atoms with Crippen LogP contribution in [-0.4, -0.2) is 75.7 Å². The molecule has 308 valence electrons. The Kier molecular flexibility index (Phi) is 24.0. The van der Waals surface area contributed by atoms with Crippen LogP contribution in [0.1, 0.15) is 107 Å². The van der Waals surface area contributed by atoms with Gasteiger partial charge in [-0.05, 0) is 71.4 Å². The average molecular weight is 819 g/mol. The van der Waals surface area contributed by atoms with Crippen LogP contribution in [0, 0.1) is 10.8 Å². The number of allylic oxidation sites excluding steroid dienone is 6. The number of aliphatic hydroxyl groups is 1. The summed E-state index contributed by atoms with van der Waals surface area (Å²) in [5.41, 5.74) is 4.68. The quantitative estimate of drug-likeness (QED) is 0.0517. The lowest BCUT2D eigenvalue weighted by Gasteiger charge is -2.21. The van der Waals surface area contributed by atoms with Crippen molar-refractivity contribution in [2.24, 2.45) is 10.8 Å². The minimum absolute atomic E-state index is 0.0759. The van der Waals surface area contributed by atoms with Gasteiger partial charge in [-0.3, -0.25) is 14.4 Å². The summed E-state index contributed by atoms with van der Waals surface area (Å²) in [5.74, 6) is 0.292. The molecule has 55 heavy (non-hydrogen) atoms. The van der Waals surface area contributed by atoms with Crippen molar-refractivity contribution in [3.63, 3.8) is 0 Å². The third kappa shape index (κ3) is 21.4. The Morgan fingerprint density at radius 2 is 1.45 bits per heavy atom. The van der Waals surface area contributed by atoms with E-state index in [1.54, 1.807) is 0 Å². The zero-order chi connectivity index (χ0) is 41.6. The second-order valence-corrected chi connectivity index (χ2v) is 19.2. The number of ether oxygens (including phenoxy) is 1. The number of carbonyl (C=O) groups excluding carboxylic acids is 4. The third-order valence-electron chi connectivity index (χ3n) is 8.24. The highest BCUT2D eigenvalue weighted by atomic mass is 32.2. The number of hydrogen-bond acceptors (Lipinski definition) is 9. The van der Waals surface area contributed by atoms with Crippen molar-refractivity contribution in [1.29, 1.82) is 0 Å². The zero-order valence-electron chi connectivity index (χ0n) is 35.1. The lowest BCUT2D eigenvalue weighted by molar-refractivity contribution is -0.145. The Balaban J connectivity index is 0.00000132. The minimum atomic E-state index is -0.835. The Morgan fingerprint density at radius 1 is 0.873 bits per heavy atom. The van der Waals surface area contributed by atoms with E-state index in [2.05, 4.69) is 56.2 Å². The number of rotatable bonds is 20. The molecule has 0 bridgehead atoms. The first-order chi connectivity index (χ1) is 25.8. The number of benzene rings is 1. The number of aromatic amines is 1. The van der Waals surface area contributed by atoms with Crippen LogP contribution in [-0.2, 0) is 34.9 Å². The molecule has 1 aromatic carbocycles. The van der Waals surface area contributed by atoms with Gasteiger partial charge in [-0.15, -0.1) is 0 Å². The topological polar surface area (TPSA) is 135 Å². The summed E-state index contributed by atoms with van der Waals surface area (Å²) in [6, 6.07) is 7.03. The minimum Gasteiger partial charge on any atom is -0.467 e. The van der Waals surface area contributed by atoms with Gasteiger partial charge in [0.15, 0.2) is 10.2 Å². The van der Waals surface area contributed by atoms with E-state index in [0.29, 0.717) is 31.0 Å². The van der Waals surface area contributed by atoms with Gasteiger partial charge < -0.3 is 24.7 Å². The number of aromatic nitrogens is 1. The van der Waals surface area contributed by atoms with E-state index in [4.69, 9.17) is 14.4 Å². The molecule has 3 N–H and O–H groups in total. The monoisotopic (exact) mass is 818 g/mol. The lowest BCUT2D eigenvalue weighted by atomic mass is 9.99. The summed E-state index contributed by atoms with van der Waals surface area (Å²) >= 11 is 2.45. The standard InChI is InChI=1S/C36H53N2O5PS.C7H14O2S/c1-25(2)13-11-14-26(3)15-12-16-27(4)19-20-32(44-43-21-22-45-35(41)36(5,6)7)33(39)38-31(34(40)42-8)23-28-24-37-30-18-10-9-17-29(28)30;1-7(2,3)6(9)10-5-4-8/h9-10,13,15,17-19,24,31-32,37,44H,11-12,14,16,20-23H2,1-8H3,(H,38,39);8H,4-5H2,1-3H3/b26-15+,27-19+;/t31-,32?;/m0./s1. The second kappa shape index (κ2) is 26.3. The molecule has 0 aliphatic carbocycles. The number of H-pyrrole nitrogens is 1. The van der Waals surface area contributed by atoms with Gasteiger partial charge in [0.2, 0.25) is 5.91 Å². The smallest absolute Gasteiger partial charge is 0.328 e.